The second-order valence-corrected chi connectivity index (χ2v) is 8.78. The number of nitrogens with zero attached hydrogens (tertiary/aromatic N) is 3. The first-order chi connectivity index (χ1) is 15.5. The van der Waals surface area contributed by atoms with E-state index < -0.39 is 23.8 Å². The maximum atomic E-state index is 12.9. The summed E-state index contributed by atoms with van der Waals surface area (Å²) in [7, 11) is 1.75. The largest absolute Gasteiger partial charge is 0.483 e. The van der Waals surface area contributed by atoms with Gasteiger partial charge in [0.15, 0.2) is 17.1 Å². The molecule has 11 heteroatoms. The summed E-state index contributed by atoms with van der Waals surface area (Å²) < 4.78 is 46.4. The van der Waals surface area contributed by atoms with Gasteiger partial charge in [0.25, 0.3) is 0 Å². The maximum Gasteiger partial charge on any atom is 0.416 e. The summed E-state index contributed by atoms with van der Waals surface area (Å²) in [4.78, 5) is 12.3. The predicted octanol–water partition coefficient (Wildman–Crippen LogP) is 5.97. The monoisotopic (exact) mass is 498 g/mol. The van der Waals surface area contributed by atoms with E-state index in [1.54, 1.807) is 11.6 Å². The van der Waals surface area contributed by atoms with Crippen LogP contribution in [0.1, 0.15) is 35.5 Å². The second-order valence-electron chi connectivity index (χ2n) is 7.44. The molecule has 0 saturated carbocycles. The van der Waals surface area contributed by atoms with E-state index in [1.807, 2.05) is 39.0 Å². The average Bonchev–Trinajstić information content (AvgIpc) is 3.10. The number of anilines is 1. The van der Waals surface area contributed by atoms with Crippen molar-refractivity contribution >= 4 is 35.0 Å². The van der Waals surface area contributed by atoms with Crippen LogP contribution in [0.4, 0.5) is 18.9 Å². The minimum absolute atomic E-state index is 0.0135. The molecule has 1 heterocycles. The van der Waals surface area contributed by atoms with Crippen molar-refractivity contribution in [3.05, 3.63) is 63.9 Å². The molecule has 33 heavy (non-hydrogen) atoms. The molecule has 2 aromatic carbocycles. The lowest BCUT2D eigenvalue weighted by molar-refractivity contribution is -0.137. The highest BCUT2D eigenvalue weighted by atomic mass is 35.5. The van der Waals surface area contributed by atoms with E-state index in [2.05, 4.69) is 15.5 Å². The number of carbonyl (C=O) groups is 1. The van der Waals surface area contributed by atoms with Crippen molar-refractivity contribution in [1.82, 2.24) is 14.8 Å². The topological polar surface area (TPSA) is 69.0 Å². The Labute approximate surface area is 198 Å². The first kappa shape index (κ1) is 24.9. The molecular formula is C22H22ClF3N4O2S. The molecule has 1 amide bonds. The van der Waals surface area contributed by atoms with Gasteiger partial charge in [-0.05, 0) is 62.2 Å². The number of carbonyl (C=O) groups excluding carboxylic acids is 1. The summed E-state index contributed by atoms with van der Waals surface area (Å²) in [6.45, 7) is 5.86. The fourth-order valence-corrected chi connectivity index (χ4v) is 3.85. The number of nitrogens with one attached hydrogen (secondary N) is 1. The summed E-state index contributed by atoms with van der Waals surface area (Å²) >= 11 is 7.02. The first-order valence-electron chi connectivity index (χ1n) is 9.88. The zero-order chi connectivity index (χ0) is 24.3. The van der Waals surface area contributed by atoms with Crippen molar-refractivity contribution in [2.75, 3.05) is 11.1 Å². The molecule has 1 atom stereocenters. The van der Waals surface area contributed by atoms with Gasteiger partial charge in [0.2, 0.25) is 5.91 Å². The van der Waals surface area contributed by atoms with Gasteiger partial charge in [0.1, 0.15) is 5.75 Å². The van der Waals surface area contributed by atoms with Crippen LogP contribution in [0.25, 0.3) is 0 Å². The Hall–Kier alpha value is -2.72. The van der Waals surface area contributed by atoms with Gasteiger partial charge >= 0.3 is 6.18 Å². The number of alkyl halides is 3. The summed E-state index contributed by atoms with van der Waals surface area (Å²) in [5.74, 6) is 0.660. The van der Waals surface area contributed by atoms with Crippen LogP contribution in [0.3, 0.4) is 0 Å². The summed E-state index contributed by atoms with van der Waals surface area (Å²) in [6, 6.07) is 8.56. The van der Waals surface area contributed by atoms with Crippen LogP contribution in [0.2, 0.25) is 5.02 Å². The SMILES string of the molecule is Cc1ccc(OC(C)c2nnc(SCC(=O)Nc3cc(C(F)(F)F)ccc3Cl)n2C)cc1C. The van der Waals surface area contributed by atoms with Gasteiger partial charge in [0, 0.05) is 7.05 Å². The summed E-state index contributed by atoms with van der Waals surface area (Å²) in [5.41, 5.74) is 1.27. The first-order valence-corrected chi connectivity index (χ1v) is 11.2. The molecule has 1 unspecified atom stereocenters. The lowest BCUT2D eigenvalue weighted by atomic mass is 10.1. The van der Waals surface area contributed by atoms with Crippen molar-refractivity contribution < 1.29 is 22.7 Å². The van der Waals surface area contributed by atoms with E-state index in [0.29, 0.717) is 16.7 Å². The molecule has 0 spiro atoms. The molecule has 0 radical (unpaired) electrons. The highest BCUT2D eigenvalue weighted by Crippen LogP contribution is 2.34. The van der Waals surface area contributed by atoms with E-state index >= 15 is 0 Å². The number of benzene rings is 2. The third kappa shape index (κ3) is 6.20. The van der Waals surface area contributed by atoms with Gasteiger partial charge in [-0.1, -0.05) is 29.4 Å². The van der Waals surface area contributed by atoms with Crippen molar-refractivity contribution in [3.8, 4) is 5.75 Å². The van der Waals surface area contributed by atoms with E-state index in [0.717, 1.165) is 41.1 Å². The smallest absolute Gasteiger partial charge is 0.416 e. The van der Waals surface area contributed by atoms with Crippen LogP contribution < -0.4 is 10.1 Å². The number of thioether (sulfide) groups is 1. The van der Waals surface area contributed by atoms with Crippen LogP contribution in [-0.2, 0) is 18.0 Å². The van der Waals surface area contributed by atoms with Crippen molar-refractivity contribution in [2.45, 2.75) is 38.2 Å². The lowest BCUT2D eigenvalue weighted by Crippen LogP contribution is -2.16. The van der Waals surface area contributed by atoms with Crippen LogP contribution >= 0.6 is 23.4 Å². The number of aryl methyl sites for hydroxylation is 2. The van der Waals surface area contributed by atoms with Gasteiger partial charge in [-0.15, -0.1) is 10.2 Å². The number of hydrogen-bond acceptors (Lipinski definition) is 5. The fraction of sp³-hybridized carbons (Fsp3) is 0.318. The average molecular weight is 499 g/mol. The Morgan fingerprint density at radius 2 is 1.91 bits per heavy atom. The molecule has 1 aromatic heterocycles. The van der Waals surface area contributed by atoms with Crippen molar-refractivity contribution in [3.63, 3.8) is 0 Å². The minimum Gasteiger partial charge on any atom is -0.483 e. The van der Waals surface area contributed by atoms with Crippen molar-refractivity contribution in [2.24, 2.45) is 7.05 Å². The highest BCUT2D eigenvalue weighted by molar-refractivity contribution is 7.99. The van der Waals surface area contributed by atoms with Gasteiger partial charge < -0.3 is 14.6 Å². The zero-order valence-electron chi connectivity index (χ0n) is 18.3. The molecule has 0 bridgehead atoms. The van der Waals surface area contributed by atoms with Crippen molar-refractivity contribution in [1.29, 1.82) is 0 Å². The van der Waals surface area contributed by atoms with E-state index in [9.17, 15) is 18.0 Å². The lowest BCUT2D eigenvalue weighted by Gasteiger charge is -2.15. The molecule has 0 aliphatic heterocycles. The molecule has 3 rings (SSSR count). The Morgan fingerprint density at radius 1 is 1.18 bits per heavy atom. The number of amides is 1. The third-order valence-electron chi connectivity index (χ3n) is 4.92. The third-order valence-corrected chi connectivity index (χ3v) is 6.27. The van der Waals surface area contributed by atoms with Crippen LogP contribution in [0.5, 0.6) is 5.75 Å². The van der Waals surface area contributed by atoms with Gasteiger partial charge in [-0.3, -0.25) is 4.79 Å². The number of aromatic nitrogens is 3. The molecule has 0 aliphatic carbocycles. The number of rotatable bonds is 7. The second kappa shape index (κ2) is 10.0. The summed E-state index contributed by atoms with van der Waals surface area (Å²) in [6.07, 6.45) is -4.93. The van der Waals surface area contributed by atoms with Gasteiger partial charge in [-0.25, -0.2) is 0 Å². The normalized spacial score (nSPS) is 12.5. The van der Waals surface area contributed by atoms with Gasteiger partial charge in [0.05, 0.1) is 22.0 Å². The van der Waals surface area contributed by atoms with Gasteiger partial charge in [-0.2, -0.15) is 13.2 Å². The predicted molar refractivity (Wildman–Crippen MR) is 122 cm³/mol. The molecule has 1 N–H and O–H groups in total. The van der Waals surface area contributed by atoms with Crippen LogP contribution in [0.15, 0.2) is 41.6 Å². The van der Waals surface area contributed by atoms with Crippen LogP contribution in [0, 0.1) is 13.8 Å². The number of hydrogen-bond donors (Lipinski definition) is 1. The van der Waals surface area contributed by atoms with Crippen LogP contribution in [-0.4, -0.2) is 26.4 Å². The molecule has 0 saturated heterocycles. The Morgan fingerprint density at radius 3 is 2.58 bits per heavy atom. The Balaban J connectivity index is 1.62. The molecule has 6 nitrogen and oxygen atoms in total. The minimum atomic E-state index is -4.54. The highest BCUT2D eigenvalue weighted by Gasteiger charge is 2.31. The number of halogens is 4. The number of ether oxygens (including phenoxy) is 1. The Kier molecular flexibility index (Phi) is 7.58. The molecular weight excluding hydrogens is 477 g/mol. The van der Waals surface area contributed by atoms with E-state index in [4.69, 9.17) is 16.3 Å². The molecule has 3 aromatic rings. The standard InChI is InChI=1S/C22H22ClF3N4O2S/c1-12-5-7-16(9-13(12)2)32-14(3)20-28-29-21(30(20)4)33-11-19(31)27-18-10-15(22(24,25)26)6-8-17(18)23/h5-10,14H,11H2,1-4H3,(H,27,31). The maximum absolute atomic E-state index is 12.9. The summed E-state index contributed by atoms with van der Waals surface area (Å²) in [5, 5.41) is 11.1. The molecule has 176 valence electrons. The quantitative estimate of drug-likeness (QED) is 0.406. The Bertz CT molecular complexity index is 1170. The molecule has 0 fully saturated rings. The fourth-order valence-electron chi connectivity index (χ4n) is 2.96. The molecule has 0 aliphatic rings. The van der Waals surface area contributed by atoms with E-state index in [1.165, 1.54) is 0 Å². The zero-order valence-corrected chi connectivity index (χ0v) is 19.9. The van der Waals surface area contributed by atoms with E-state index in [-0.39, 0.29) is 16.5 Å².